The Hall–Kier alpha value is -4.34. The van der Waals surface area contributed by atoms with Crippen LogP contribution in [-0.4, -0.2) is 38.4 Å². The molecule has 2 amide bonds. The van der Waals surface area contributed by atoms with Crippen LogP contribution in [0.2, 0.25) is 10.0 Å². The average Bonchev–Trinajstić information content (AvgIpc) is 3.60. The monoisotopic (exact) mass is 549 g/mol. The van der Waals surface area contributed by atoms with E-state index in [0.29, 0.717) is 21.3 Å². The molecule has 3 N–H and O–H groups in total. The lowest BCUT2D eigenvalue weighted by Crippen LogP contribution is -2.61. The third-order valence-electron chi connectivity index (χ3n) is 5.98. The molecule has 0 radical (unpaired) electrons. The highest BCUT2D eigenvalue weighted by atomic mass is 35.5. The number of aromatic nitrogens is 3. The maximum Gasteiger partial charge on any atom is 0.352 e. The van der Waals surface area contributed by atoms with Gasteiger partial charge in [-0.1, -0.05) is 53.5 Å². The minimum Gasteiger partial charge on any atom is -0.447 e. The summed E-state index contributed by atoms with van der Waals surface area (Å²) in [5.41, 5.74) is 7.95. The zero-order valence-corrected chi connectivity index (χ0v) is 21.3. The van der Waals surface area contributed by atoms with Crippen LogP contribution in [0.3, 0.4) is 0 Å². The molecule has 9 nitrogen and oxygen atoms in total. The van der Waals surface area contributed by atoms with Gasteiger partial charge in [0.25, 0.3) is 5.91 Å². The van der Waals surface area contributed by atoms with Crippen LogP contribution in [0.25, 0.3) is 17.1 Å². The summed E-state index contributed by atoms with van der Waals surface area (Å²) in [7, 11) is 0. The molecular formula is C27H21Cl2N5O4. The van der Waals surface area contributed by atoms with Crippen molar-refractivity contribution in [3.05, 3.63) is 113 Å². The summed E-state index contributed by atoms with van der Waals surface area (Å²) in [4.78, 5) is 30.5. The summed E-state index contributed by atoms with van der Waals surface area (Å²) in [6, 6.07) is 18.4. The van der Waals surface area contributed by atoms with Gasteiger partial charge in [0.15, 0.2) is 5.82 Å². The van der Waals surface area contributed by atoms with Crippen molar-refractivity contribution in [2.24, 2.45) is 5.73 Å². The first-order valence-electron chi connectivity index (χ1n) is 11.5. The number of nitrogens with zero attached hydrogens (tertiary/aromatic N) is 3. The molecule has 0 saturated heterocycles. The zero-order valence-electron chi connectivity index (χ0n) is 19.8. The van der Waals surface area contributed by atoms with Crippen molar-refractivity contribution in [2.45, 2.75) is 18.2 Å². The molecule has 4 aromatic rings. The first-order valence-corrected chi connectivity index (χ1v) is 12.2. The molecule has 11 heteroatoms. The highest BCUT2D eigenvalue weighted by Gasteiger charge is 2.51. The van der Waals surface area contributed by atoms with E-state index in [0.717, 1.165) is 5.56 Å². The molecule has 0 saturated carbocycles. The summed E-state index contributed by atoms with van der Waals surface area (Å²) in [5.74, 6) is -3.07. The maximum absolute atomic E-state index is 13.6. The van der Waals surface area contributed by atoms with Crippen LogP contribution in [0.4, 0.5) is 0 Å². The number of carbonyl (C=O) groups excluding carboxylic acids is 2. The molecule has 1 atom stereocenters. The topological polar surface area (TPSA) is 121 Å². The van der Waals surface area contributed by atoms with Crippen LogP contribution >= 0.6 is 23.2 Å². The average molecular weight is 550 g/mol. The van der Waals surface area contributed by atoms with Gasteiger partial charge in [0, 0.05) is 29.4 Å². The number of primary amides is 1. The van der Waals surface area contributed by atoms with Gasteiger partial charge in [0.05, 0.1) is 16.3 Å². The van der Waals surface area contributed by atoms with E-state index in [2.05, 4.69) is 15.4 Å². The quantitative estimate of drug-likeness (QED) is 0.338. The van der Waals surface area contributed by atoms with Gasteiger partial charge in [-0.25, -0.2) is 9.67 Å². The highest BCUT2D eigenvalue weighted by molar-refractivity contribution is 6.36. The first-order chi connectivity index (χ1) is 18.4. The second kappa shape index (κ2) is 10.6. The van der Waals surface area contributed by atoms with Crippen LogP contribution in [0.5, 0.6) is 0 Å². The molecule has 192 valence electrons. The number of hydrogen-bond acceptors (Lipinski definition) is 6. The number of benzene rings is 2. The van der Waals surface area contributed by atoms with Gasteiger partial charge in [0.1, 0.15) is 18.6 Å². The SMILES string of the molecule is NC(=O)C1(C(Cc2ccccc2)NC(=O)c2cccnc2-n2ccc(-c3ccc(Cl)cc3Cl)n2)OC=CO1. The Morgan fingerprint density at radius 1 is 1.03 bits per heavy atom. The Labute approximate surface area is 227 Å². The van der Waals surface area contributed by atoms with Gasteiger partial charge in [-0.05, 0) is 42.0 Å². The number of rotatable bonds is 8. The van der Waals surface area contributed by atoms with Crippen LogP contribution in [-0.2, 0) is 20.7 Å². The minimum atomic E-state index is -1.92. The molecule has 0 fully saturated rings. The van der Waals surface area contributed by atoms with Gasteiger partial charge in [-0.3, -0.25) is 9.59 Å². The summed E-state index contributed by atoms with van der Waals surface area (Å²) in [6.45, 7) is 0. The molecule has 1 aliphatic heterocycles. The van der Waals surface area contributed by atoms with Crippen molar-refractivity contribution in [1.29, 1.82) is 0 Å². The van der Waals surface area contributed by atoms with E-state index in [4.69, 9.17) is 38.4 Å². The van der Waals surface area contributed by atoms with E-state index in [1.54, 1.807) is 48.8 Å². The molecule has 1 aliphatic rings. The Morgan fingerprint density at radius 2 is 1.79 bits per heavy atom. The molecule has 1 unspecified atom stereocenters. The standard InChI is InChI=1S/C27H21Cl2N5O4/c28-18-8-9-19(21(29)16-18)22-10-12-34(33-22)24-20(7-4-11-31-24)25(35)32-23(15-17-5-2-1-3-6-17)27(26(30)36)37-13-14-38-27/h1-14,16,23H,15H2,(H2,30,36)(H,32,35). The molecule has 2 aromatic carbocycles. The summed E-state index contributed by atoms with van der Waals surface area (Å²) in [5, 5.41) is 8.37. The van der Waals surface area contributed by atoms with E-state index in [1.807, 2.05) is 30.3 Å². The molecule has 0 aliphatic carbocycles. The van der Waals surface area contributed by atoms with Crippen LogP contribution in [0, 0.1) is 0 Å². The minimum absolute atomic E-state index is 0.202. The zero-order chi connectivity index (χ0) is 26.7. The van der Waals surface area contributed by atoms with Gasteiger partial charge < -0.3 is 20.5 Å². The summed E-state index contributed by atoms with van der Waals surface area (Å²) >= 11 is 12.4. The third kappa shape index (κ3) is 4.93. The molecule has 5 rings (SSSR count). The van der Waals surface area contributed by atoms with Crippen molar-refractivity contribution >= 4 is 35.0 Å². The van der Waals surface area contributed by atoms with Crippen LogP contribution in [0.15, 0.2) is 91.6 Å². The summed E-state index contributed by atoms with van der Waals surface area (Å²) in [6.07, 6.45) is 5.85. The molecule has 38 heavy (non-hydrogen) atoms. The number of hydrogen-bond donors (Lipinski definition) is 2. The Balaban J connectivity index is 1.47. The van der Waals surface area contributed by atoms with E-state index in [-0.39, 0.29) is 17.8 Å². The normalized spacial score (nSPS) is 14.4. The van der Waals surface area contributed by atoms with Crippen molar-refractivity contribution < 1.29 is 19.1 Å². The smallest absolute Gasteiger partial charge is 0.352 e. The maximum atomic E-state index is 13.6. The molecule has 3 heterocycles. The number of pyridine rings is 1. The fourth-order valence-corrected chi connectivity index (χ4v) is 4.65. The fraction of sp³-hybridized carbons (Fsp3) is 0.111. The lowest BCUT2D eigenvalue weighted by Gasteiger charge is -2.33. The number of ether oxygens (including phenoxy) is 2. The Morgan fingerprint density at radius 3 is 2.50 bits per heavy atom. The predicted octanol–water partition coefficient (Wildman–Crippen LogP) is 4.28. The number of amides is 2. The van der Waals surface area contributed by atoms with E-state index in [9.17, 15) is 9.59 Å². The van der Waals surface area contributed by atoms with Gasteiger partial charge >= 0.3 is 11.7 Å². The van der Waals surface area contributed by atoms with Crippen molar-refractivity contribution in [3.8, 4) is 17.1 Å². The lowest BCUT2D eigenvalue weighted by molar-refractivity contribution is -0.182. The van der Waals surface area contributed by atoms with E-state index < -0.39 is 23.6 Å². The van der Waals surface area contributed by atoms with Crippen molar-refractivity contribution in [3.63, 3.8) is 0 Å². The van der Waals surface area contributed by atoms with Crippen molar-refractivity contribution in [2.75, 3.05) is 0 Å². The number of halogens is 2. The predicted molar refractivity (Wildman–Crippen MR) is 141 cm³/mol. The molecule has 0 spiro atoms. The third-order valence-corrected chi connectivity index (χ3v) is 6.52. The molecule has 0 bridgehead atoms. The highest BCUT2D eigenvalue weighted by Crippen LogP contribution is 2.30. The second-order valence-corrected chi connectivity index (χ2v) is 9.24. The van der Waals surface area contributed by atoms with Gasteiger partial charge in [0.2, 0.25) is 0 Å². The first kappa shape index (κ1) is 25.3. The molecule has 2 aromatic heterocycles. The number of carbonyl (C=O) groups is 2. The lowest BCUT2D eigenvalue weighted by atomic mass is 9.97. The molecular weight excluding hydrogens is 529 g/mol. The van der Waals surface area contributed by atoms with E-state index >= 15 is 0 Å². The number of nitrogens with two attached hydrogens (primary N) is 1. The summed E-state index contributed by atoms with van der Waals surface area (Å²) < 4.78 is 12.5. The Bertz CT molecular complexity index is 1510. The van der Waals surface area contributed by atoms with Crippen molar-refractivity contribution in [1.82, 2.24) is 20.1 Å². The largest absolute Gasteiger partial charge is 0.447 e. The van der Waals surface area contributed by atoms with Crippen LogP contribution in [0.1, 0.15) is 15.9 Å². The number of nitrogens with one attached hydrogen (secondary N) is 1. The Kier molecular flexibility index (Phi) is 7.04. The van der Waals surface area contributed by atoms with Crippen LogP contribution < -0.4 is 11.1 Å². The van der Waals surface area contributed by atoms with E-state index in [1.165, 1.54) is 17.2 Å². The second-order valence-electron chi connectivity index (χ2n) is 8.40. The fourth-order valence-electron chi connectivity index (χ4n) is 4.14. The van der Waals surface area contributed by atoms with Gasteiger partial charge in [-0.2, -0.15) is 5.10 Å². The van der Waals surface area contributed by atoms with Gasteiger partial charge in [-0.15, -0.1) is 0 Å².